The van der Waals surface area contributed by atoms with Gasteiger partial charge in [-0.15, -0.1) is 11.3 Å². The summed E-state index contributed by atoms with van der Waals surface area (Å²) in [5, 5.41) is 5.54. The maximum atomic E-state index is 12.2. The lowest BCUT2D eigenvalue weighted by molar-refractivity contribution is -0.121. The maximum Gasteiger partial charge on any atom is 0.227 e. The molecule has 0 radical (unpaired) electrons. The van der Waals surface area contributed by atoms with Crippen LogP contribution in [0.15, 0.2) is 41.8 Å². The third-order valence-corrected chi connectivity index (χ3v) is 4.97. The topological polar surface area (TPSA) is 49.4 Å². The van der Waals surface area contributed by atoms with Crippen LogP contribution in [0.4, 0.5) is 5.69 Å². The molecule has 1 aliphatic heterocycles. The molecule has 0 spiro atoms. The Balaban J connectivity index is 1.51. The molecular formula is C17H17ClN2O2S. The number of halogens is 1. The molecule has 1 aliphatic rings. The highest BCUT2D eigenvalue weighted by Gasteiger charge is 2.30. The molecule has 2 heterocycles. The van der Waals surface area contributed by atoms with E-state index < -0.39 is 0 Å². The van der Waals surface area contributed by atoms with E-state index in [0.29, 0.717) is 31.0 Å². The molecule has 4 nitrogen and oxygen atoms in total. The van der Waals surface area contributed by atoms with Crippen molar-refractivity contribution in [2.75, 3.05) is 18.0 Å². The van der Waals surface area contributed by atoms with Crippen LogP contribution < -0.4 is 10.2 Å². The molecule has 1 unspecified atom stereocenters. The van der Waals surface area contributed by atoms with Gasteiger partial charge in [-0.3, -0.25) is 9.59 Å². The SMILES string of the molecule is O=C(Cc1cccs1)NCC1CC(=O)N(c2ccc(Cl)cc2)C1. The van der Waals surface area contributed by atoms with Gasteiger partial charge in [0.05, 0.1) is 6.42 Å². The molecule has 1 fully saturated rings. The second kappa shape index (κ2) is 7.15. The van der Waals surface area contributed by atoms with E-state index in [1.165, 1.54) is 0 Å². The van der Waals surface area contributed by atoms with Gasteiger partial charge >= 0.3 is 0 Å². The molecule has 23 heavy (non-hydrogen) atoms. The van der Waals surface area contributed by atoms with E-state index in [-0.39, 0.29) is 17.7 Å². The number of hydrogen-bond donors (Lipinski definition) is 1. The van der Waals surface area contributed by atoms with Crippen molar-refractivity contribution in [3.8, 4) is 0 Å². The van der Waals surface area contributed by atoms with E-state index in [1.807, 2.05) is 29.6 Å². The van der Waals surface area contributed by atoms with Crippen molar-refractivity contribution in [2.45, 2.75) is 12.8 Å². The Labute approximate surface area is 144 Å². The maximum absolute atomic E-state index is 12.2. The normalized spacial score (nSPS) is 17.5. The second-order valence-corrected chi connectivity index (χ2v) is 7.08. The lowest BCUT2D eigenvalue weighted by Crippen LogP contribution is -2.32. The molecule has 0 aliphatic carbocycles. The second-order valence-electron chi connectivity index (χ2n) is 5.61. The molecule has 1 aromatic carbocycles. The van der Waals surface area contributed by atoms with Gasteiger partial charge in [0.2, 0.25) is 11.8 Å². The summed E-state index contributed by atoms with van der Waals surface area (Å²) in [7, 11) is 0. The molecule has 3 rings (SSSR count). The number of amides is 2. The van der Waals surface area contributed by atoms with E-state index >= 15 is 0 Å². The van der Waals surface area contributed by atoms with E-state index in [0.717, 1.165) is 10.6 Å². The minimum absolute atomic E-state index is 0.00448. The van der Waals surface area contributed by atoms with Crippen molar-refractivity contribution >= 4 is 40.4 Å². The van der Waals surface area contributed by atoms with Crippen molar-refractivity contribution in [2.24, 2.45) is 5.92 Å². The Morgan fingerprint density at radius 2 is 2.09 bits per heavy atom. The Morgan fingerprint density at radius 3 is 2.78 bits per heavy atom. The molecule has 2 amide bonds. The molecule has 120 valence electrons. The van der Waals surface area contributed by atoms with Gasteiger partial charge in [0.15, 0.2) is 0 Å². The van der Waals surface area contributed by atoms with Crippen molar-refractivity contribution in [1.29, 1.82) is 0 Å². The van der Waals surface area contributed by atoms with Gasteiger partial charge in [-0.2, -0.15) is 0 Å². The first-order valence-electron chi connectivity index (χ1n) is 7.47. The molecular weight excluding hydrogens is 332 g/mol. The molecule has 1 atom stereocenters. The summed E-state index contributed by atoms with van der Waals surface area (Å²) < 4.78 is 0. The Bertz CT molecular complexity index is 685. The minimum atomic E-state index is 0.00448. The van der Waals surface area contributed by atoms with Gasteiger partial charge in [0, 0.05) is 41.0 Å². The third-order valence-electron chi connectivity index (χ3n) is 3.85. The number of nitrogens with one attached hydrogen (secondary N) is 1. The first kappa shape index (κ1) is 16.0. The van der Waals surface area contributed by atoms with Crippen LogP contribution in [-0.4, -0.2) is 24.9 Å². The Hall–Kier alpha value is -1.85. The standard InChI is InChI=1S/C17H17ClN2O2S/c18-13-3-5-14(6-4-13)20-11-12(8-17(20)22)10-19-16(21)9-15-2-1-7-23-15/h1-7,12H,8-11H2,(H,19,21). The van der Waals surface area contributed by atoms with Crippen LogP contribution in [0, 0.1) is 5.92 Å². The largest absolute Gasteiger partial charge is 0.355 e. The van der Waals surface area contributed by atoms with Crippen LogP contribution in [0.2, 0.25) is 5.02 Å². The highest BCUT2D eigenvalue weighted by Crippen LogP contribution is 2.26. The number of rotatable bonds is 5. The molecule has 1 saturated heterocycles. The van der Waals surface area contributed by atoms with E-state index in [4.69, 9.17) is 11.6 Å². The lowest BCUT2D eigenvalue weighted by atomic mass is 10.1. The Kier molecular flexibility index (Phi) is 4.98. The van der Waals surface area contributed by atoms with Gasteiger partial charge in [-0.1, -0.05) is 17.7 Å². The fourth-order valence-electron chi connectivity index (χ4n) is 2.68. The number of carbonyl (C=O) groups excluding carboxylic acids is 2. The van der Waals surface area contributed by atoms with Crippen LogP contribution in [-0.2, 0) is 16.0 Å². The molecule has 2 aromatic rings. The zero-order valence-corrected chi connectivity index (χ0v) is 14.1. The van der Waals surface area contributed by atoms with Gasteiger partial charge < -0.3 is 10.2 Å². The van der Waals surface area contributed by atoms with Crippen LogP contribution in [0.3, 0.4) is 0 Å². The predicted molar refractivity (Wildman–Crippen MR) is 92.9 cm³/mol. The summed E-state index contributed by atoms with van der Waals surface area (Å²) in [6.45, 7) is 1.15. The summed E-state index contributed by atoms with van der Waals surface area (Å²) >= 11 is 7.45. The fourth-order valence-corrected chi connectivity index (χ4v) is 3.51. The summed E-state index contributed by atoms with van der Waals surface area (Å²) in [6, 6.07) is 11.1. The molecule has 0 bridgehead atoms. The van der Waals surface area contributed by atoms with Crippen molar-refractivity contribution in [1.82, 2.24) is 5.32 Å². The van der Waals surface area contributed by atoms with Crippen molar-refractivity contribution < 1.29 is 9.59 Å². The molecule has 6 heteroatoms. The predicted octanol–water partition coefficient (Wildman–Crippen LogP) is 3.11. The minimum Gasteiger partial charge on any atom is -0.355 e. The Morgan fingerprint density at radius 1 is 1.30 bits per heavy atom. The molecule has 0 saturated carbocycles. The summed E-state index contributed by atoms with van der Waals surface area (Å²) in [4.78, 5) is 26.9. The van der Waals surface area contributed by atoms with Crippen LogP contribution >= 0.6 is 22.9 Å². The van der Waals surface area contributed by atoms with Crippen LogP contribution in [0.5, 0.6) is 0 Å². The lowest BCUT2D eigenvalue weighted by Gasteiger charge is -2.17. The average molecular weight is 349 g/mol. The smallest absolute Gasteiger partial charge is 0.227 e. The van der Waals surface area contributed by atoms with Gasteiger partial charge in [0.1, 0.15) is 0 Å². The quantitative estimate of drug-likeness (QED) is 0.902. The number of anilines is 1. The van der Waals surface area contributed by atoms with E-state index in [9.17, 15) is 9.59 Å². The third kappa shape index (κ3) is 4.12. The zero-order valence-electron chi connectivity index (χ0n) is 12.5. The van der Waals surface area contributed by atoms with Crippen molar-refractivity contribution in [3.05, 3.63) is 51.7 Å². The molecule has 1 N–H and O–H groups in total. The van der Waals surface area contributed by atoms with Crippen LogP contribution in [0.25, 0.3) is 0 Å². The first-order chi connectivity index (χ1) is 11.1. The average Bonchev–Trinajstić information content (AvgIpc) is 3.16. The summed E-state index contributed by atoms with van der Waals surface area (Å²) in [6.07, 6.45) is 0.862. The summed E-state index contributed by atoms with van der Waals surface area (Å²) in [5.41, 5.74) is 0.854. The number of benzene rings is 1. The monoisotopic (exact) mass is 348 g/mol. The van der Waals surface area contributed by atoms with E-state index in [2.05, 4.69) is 5.32 Å². The van der Waals surface area contributed by atoms with Gasteiger partial charge in [-0.05, 0) is 35.7 Å². The number of thiophene rings is 1. The number of hydrogen-bond acceptors (Lipinski definition) is 3. The van der Waals surface area contributed by atoms with E-state index in [1.54, 1.807) is 28.4 Å². The van der Waals surface area contributed by atoms with Gasteiger partial charge in [0.25, 0.3) is 0 Å². The van der Waals surface area contributed by atoms with Crippen LogP contribution in [0.1, 0.15) is 11.3 Å². The first-order valence-corrected chi connectivity index (χ1v) is 8.72. The number of nitrogens with zero attached hydrogens (tertiary/aromatic N) is 1. The molecule has 1 aromatic heterocycles. The van der Waals surface area contributed by atoms with Gasteiger partial charge in [-0.25, -0.2) is 0 Å². The van der Waals surface area contributed by atoms with Crippen molar-refractivity contribution in [3.63, 3.8) is 0 Å². The zero-order chi connectivity index (χ0) is 16.2. The highest BCUT2D eigenvalue weighted by atomic mass is 35.5. The number of carbonyl (C=O) groups is 2. The summed E-state index contributed by atoms with van der Waals surface area (Å²) in [5.74, 6) is 0.236. The highest BCUT2D eigenvalue weighted by molar-refractivity contribution is 7.10. The fraction of sp³-hybridized carbons (Fsp3) is 0.294.